The minimum Gasteiger partial charge on any atom is -0.345 e. The second-order valence-corrected chi connectivity index (χ2v) is 7.58. The second kappa shape index (κ2) is 7.00. The number of hydrogen-bond donors (Lipinski definition) is 2. The van der Waals surface area contributed by atoms with Crippen LogP contribution in [0.5, 0.6) is 0 Å². The first-order chi connectivity index (χ1) is 13.4. The minimum absolute atomic E-state index is 0.153. The highest BCUT2D eigenvalue weighted by Gasteiger charge is 2.40. The van der Waals surface area contributed by atoms with Gasteiger partial charge in [0.25, 0.3) is 5.56 Å². The molecule has 0 radical (unpaired) electrons. The molecule has 2 aliphatic carbocycles. The van der Waals surface area contributed by atoms with Crippen molar-refractivity contribution in [1.82, 2.24) is 25.1 Å². The van der Waals surface area contributed by atoms with E-state index in [1.54, 1.807) is 4.68 Å². The van der Waals surface area contributed by atoms with E-state index in [4.69, 9.17) is 6.42 Å². The van der Waals surface area contributed by atoms with E-state index in [-0.39, 0.29) is 61.6 Å². The Morgan fingerprint density at radius 2 is 2.11 bits per heavy atom. The fraction of sp³-hybridized carbons (Fsp3) is 0.579. The standard InChI is InChI=1S/C19H21F2N5O2/c1-2-9-22-17(27)13-4-3-12(13)15-24-16-14(18(28)25-15)10-23-26(16)11-5-7-19(20,21)8-6-11/h1,10-13H,3-9H2,(H,22,27)(H,24,25,28)/t12?,13-/m0/s1. The summed E-state index contributed by atoms with van der Waals surface area (Å²) < 4.78 is 28.5. The molecule has 9 heteroatoms. The van der Waals surface area contributed by atoms with E-state index >= 15 is 0 Å². The lowest BCUT2D eigenvalue weighted by molar-refractivity contribution is -0.128. The van der Waals surface area contributed by atoms with Gasteiger partial charge in [-0.1, -0.05) is 5.92 Å². The number of rotatable bonds is 4. The van der Waals surface area contributed by atoms with E-state index in [0.717, 1.165) is 6.42 Å². The summed E-state index contributed by atoms with van der Waals surface area (Å²) in [5.74, 6) is -0.481. The van der Waals surface area contributed by atoms with Crippen molar-refractivity contribution in [1.29, 1.82) is 0 Å². The van der Waals surface area contributed by atoms with E-state index in [1.807, 2.05) is 0 Å². The number of amides is 1. The Kier molecular flexibility index (Phi) is 4.65. The van der Waals surface area contributed by atoms with E-state index in [2.05, 4.69) is 26.3 Å². The Labute approximate surface area is 159 Å². The molecular formula is C19H21F2N5O2. The van der Waals surface area contributed by atoms with Crippen molar-refractivity contribution < 1.29 is 13.6 Å². The zero-order valence-electron chi connectivity index (χ0n) is 15.3. The number of hydrogen-bond acceptors (Lipinski definition) is 4. The molecule has 2 saturated carbocycles. The van der Waals surface area contributed by atoms with Crippen LogP contribution < -0.4 is 10.9 Å². The smallest absolute Gasteiger partial charge is 0.262 e. The van der Waals surface area contributed by atoms with Crippen LogP contribution in [-0.2, 0) is 4.79 Å². The van der Waals surface area contributed by atoms with Crippen LogP contribution in [0.1, 0.15) is 56.3 Å². The number of fused-ring (bicyclic) bond motifs is 1. The number of nitrogens with one attached hydrogen (secondary N) is 2. The summed E-state index contributed by atoms with van der Waals surface area (Å²) in [5.41, 5.74) is 0.0609. The molecule has 4 rings (SSSR count). The number of carbonyl (C=O) groups excluding carboxylic acids is 1. The van der Waals surface area contributed by atoms with Crippen LogP contribution in [0.15, 0.2) is 11.0 Å². The van der Waals surface area contributed by atoms with Crippen molar-refractivity contribution in [2.75, 3.05) is 6.54 Å². The second-order valence-electron chi connectivity index (χ2n) is 7.58. The summed E-state index contributed by atoms with van der Waals surface area (Å²) >= 11 is 0. The Balaban J connectivity index is 1.62. The van der Waals surface area contributed by atoms with Crippen LogP contribution in [0.2, 0.25) is 0 Å². The van der Waals surface area contributed by atoms with Crippen molar-refractivity contribution in [3.63, 3.8) is 0 Å². The lowest BCUT2D eigenvalue weighted by Crippen LogP contribution is -2.40. The Bertz CT molecular complexity index is 996. The van der Waals surface area contributed by atoms with Gasteiger partial charge in [-0.05, 0) is 25.7 Å². The predicted molar refractivity (Wildman–Crippen MR) is 97.9 cm³/mol. The molecular weight excluding hydrogens is 368 g/mol. The third kappa shape index (κ3) is 3.28. The lowest BCUT2D eigenvalue weighted by Gasteiger charge is -2.34. The Morgan fingerprint density at radius 3 is 2.75 bits per heavy atom. The molecule has 2 aromatic heterocycles. The zero-order chi connectivity index (χ0) is 19.9. The highest BCUT2D eigenvalue weighted by atomic mass is 19.3. The van der Waals surface area contributed by atoms with Gasteiger partial charge in [0.1, 0.15) is 11.2 Å². The van der Waals surface area contributed by atoms with Gasteiger partial charge in [-0.25, -0.2) is 18.4 Å². The number of H-pyrrole nitrogens is 1. The molecule has 0 saturated heterocycles. The van der Waals surface area contributed by atoms with E-state index in [1.165, 1.54) is 6.20 Å². The molecule has 28 heavy (non-hydrogen) atoms. The van der Waals surface area contributed by atoms with Crippen molar-refractivity contribution in [2.45, 2.75) is 56.4 Å². The highest BCUT2D eigenvalue weighted by molar-refractivity contribution is 5.81. The Hall–Kier alpha value is -2.76. The molecule has 2 atom stereocenters. The SMILES string of the molecule is C#CCNC(=O)[C@H]1CCC1c1nc2c(cnn2C2CCC(F)(F)CC2)c(=O)[nH]1. The maximum atomic E-state index is 13.5. The van der Waals surface area contributed by atoms with Crippen molar-refractivity contribution in [3.8, 4) is 12.3 Å². The normalized spacial score (nSPS) is 24.5. The fourth-order valence-corrected chi connectivity index (χ4v) is 4.08. The average molecular weight is 389 g/mol. The Morgan fingerprint density at radius 1 is 1.36 bits per heavy atom. The molecule has 0 aromatic carbocycles. The molecule has 2 heterocycles. The molecule has 2 N–H and O–H groups in total. The van der Waals surface area contributed by atoms with Crippen LogP contribution in [0.3, 0.4) is 0 Å². The van der Waals surface area contributed by atoms with Gasteiger partial charge in [0, 0.05) is 24.7 Å². The summed E-state index contributed by atoms with van der Waals surface area (Å²) in [6.07, 6.45) is 8.20. The molecule has 1 amide bonds. The number of terminal acetylenes is 1. The zero-order valence-corrected chi connectivity index (χ0v) is 15.3. The molecule has 1 unspecified atom stereocenters. The van der Waals surface area contributed by atoms with Gasteiger partial charge in [0.05, 0.1) is 18.8 Å². The first kappa shape index (κ1) is 18.6. The van der Waals surface area contributed by atoms with Crippen LogP contribution in [0.25, 0.3) is 11.0 Å². The van der Waals surface area contributed by atoms with E-state index in [9.17, 15) is 18.4 Å². The summed E-state index contributed by atoms with van der Waals surface area (Å²) in [6, 6.07) is -0.213. The van der Waals surface area contributed by atoms with Gasteiger partial charge in [-0.15, -0.1) is 6.42 Å². The quantitative estimate of drug-likeness (QED) is 0.784. The minimum atomic E-state index is -2.64. The van der Waals surface area contributed by atoms with Gasteiger partial charge < -0.3 is 10.3 Å². The third-order valence-electron chi connectivity index (χ3n) is 5.84. The van der Waals surface area contributed by atoms with Crippen LogP contribution in [0, 0.1) is 18.3 Å². The summed E-state index contributed by atoms with van der Waals surface area (Å²) in [4.78, 5) is 32.1. The van der Waals surface area contributed by atoms with Crippen molar-refractivity contribution in [2.24, 2.45) is 5.92 Å². The maximum absolute atomic E-state index is 13.5. The number of aromatic nitrogens is 4. The molecule has 2 fully saturated rings. The molecule has 0 spiro atoms. The lowest BCUT2D eigenvalue weighted by atomic mass is 9.72. The number of aromatic amines is 1. The number of carbonyl (C=O) groups is 1. The number of halogens is 2. The molecule has 0 aliphatic heterocycles. The molecule has 7 nitrogen and oxygen atoms in total. The highest BCUT2D eigenvalue weighted by Crippen LogP contribution is 2.42. The number of alkyl halides is 2. The average Bonchev–Trinajstić information content (AvgIpc) is 3.03. The fourth-order valence-electron chi connectivity index (χ4n) is 4.08. The molecule has 2 aliphatic rings. The van der Waals surface area contributed by atoms with Crippen LogP contribution in [0.4, 0.5) is 8.78 Å². The topological polar surface area (TPSA) is 92.7 Å². The van der Waals surface area contributed by atoms with Gasteiger partial charge in [0.2, 0.25) is 11.8 Å². The monoisotopic (exact) mass is 389 g/mol. The predicted octanol–water partition coefficient (Wildman–Crippen LogP) is 2.11. The third-order valence-corrected chi connectivity index (χ3v) is 5.84. The van der Waals surface area contributed by atoms with Gasteiger partial charge >= 0.3 is 0 Å². The van der Waals surface area contributed by atoms with E-state index < -0.39 is 5.92 Å². The van der Waals surface area contributed by atoms with Gasteiger partial charge in [-0.2, -0.15) is 5.10 Å². The van der Waals surface area contributed by atoms with Crippen molar-refractivity contribution >= 4 is 16.9 Å². The summed E-state index contributed by atoms with van der Waals surface area (Å²) in [7, 11) is 0. The summed E-state index contributed by atoms with van der Waals surface area (Å²) in [6.45, 7) is 0.157. The largest absolute Gasteiger partial charge is 0.345 e. The van der Waals surface area contributed by atoms with Gasteiger partial charge in [0.15, 0.2) is 5.65 Å². The first-order valence-electron chi connectivity index (χ1n) is 9.46. The first-order valence-corrected chi connectivity index (χ1v) is 9.46. The van der Waals surface area contributed by atoms with Crippen LogP contribution in [-0.4, -0.2) is 38.1 Å². The molecule has 2 aromatic rings. The number of nitrogens with zero attached hydrogens (tertiary/aromatic N) is 3. The summed E-state index contributed by atoms with van der Waals surface area (Å²) in [5, 5.41) is 7.25. The maximum Gasteiger partial charge on any atom is 0.262 e. The van der Waals surface area contributed by atoms with Crippen LogP contribution >= 0.6 is 0 Å². The van der Waals surface area contributed by atoms with Crippen molar-refractivity contribution in [3.05, 3.63) is 22.4 Å². The molecule has 0 bridgehead atoms. The van der Waals surface area contributed by atoms with Gasteiger partial charge in [-0.3, -0.25) is 9.59 Å². The molecule has 148 valence electrons. The van der Waals surface area contributed by atoms with E-state index in [0.29, 0.717) is 23.3 Å².